The number of aliphatic hydroxyl groups is 2. The van der Waals surface area contributed by atoms with Crippen molar-refractivity contribution >= 4 is 5.91 Å². The number of amides is 1. The normalized spacial score (nSPS) is 23.4. The SMILES string of the molecule is O=C(Cc1cccc(F)c1)N1CCCC(O)(CO)C1. The Morgan fingerprint density at radius 1 is 1.47 bits per heavy atom. The van der Waals surface area contributed by atoms with Crippen LogP contribution in [0, 0.1) is 5.82 Å². The van der Waals surface area contributed by atoms with Crippen LogP contribution in [0.1, 0.15) is 18.4 Å². The second kappa shape index (κ2) is 5.67. The van der Waals surface area contributed by atoms with Gasteiger partial charge in [0.25, 0.3) is 0 Å². The standard InChI is InChI=1S/C14H18FNO3/c15-12-4-1-3-11(7-12)8-13(18)16-6-2-5-14(19,9-16)10-17/h1,3-4,7,17,19H,2,5-6,8-10H2. The van der Waals surface area contributed by atoms with Crippen LogP contribution in [0.5, 0.6) is 0 Å². The zero-order valence-electron chi connectivity index (χ0n) is 10.7. The Morgan fingerprint density at radius 2 is 2.26 bits per heavy atom. The highest BCUT2D eigenvalue weighted by atomic mass is 19.1. The second-order valence-electron chi connectivity index (χ2n) is 5.11. The van der Waals surface area contributed by atoms with Gasteiger partial charge in [0, 0.05) is 6.54 Å². The van der Waals surface area contributed by atoms with Crippen molar-refractivity contribution in [3.05, 3.63) is 35.6 Å². The first-order chi connectivity index (χ1) is 9.02. The molecule has 5 heteroatoms. The number of piperidine rings is 1. The number of hydrogen-bond donors (Lipinski definition) is 2. The maximum Gasteiger partial charge on any atom is 0.227 e. The molecule has 104 valence electrons. The third kappa shape index (κ3) is 3.52. The number of hydrogen-bond acceptors (Lipinski definition) is 3. The van der Waals surface area contributed by atoms with E-state index in [1.807, 2.05) is 0 Å². The number of aliphatic hydroxyl groups excluding tert-OH is 1. The average Bonchev–Trinajstić information content (AvgIpc) is 2.39. The van der Waals surface area contributed by atoms with Crippen molar-refractivity contribution in [2.75, 3.05) is 19.7 Å². The Labute approximate surface area is 111 Å². The lowest BCUT2D eigenvalue weighted by Crippen LogP contribution is -2.52. The van der Waals surface area contributed by atoms with Gasteiger partial charge in [0.15, 0.2) is 0 Å². The second-order valence-corrected chi connectivity index (χ2v) is 5.11. The first kappa shape index (κ1) is 14.0. The molecular weight excluding hydrogens is 249 g/mol. The van der Waals surface area contributed by atoms with Crippen LogP contribution in [0.3, 0.4) is 0 Å². The van der Waals surface area contributed by atoms with Crippen molar-refractivity contribution < 1.29 is 19.4 Å². The Morgan fingerprint density at radius 3 is 2.95 bits per heavy atom. The molecule has 0 aliphatic carbocycles. The minimum Gasteiger partial charge on any atom is -0.393 e. The number of carbonyl (C=O) groups excluding carboxylic acids is 1. The Bertz CT molecular complexity index is 466. The number of carbonyl (C=O) groups is 1. The van der Waals surface area contributed by atoms with E-state index in [0.29, 0.717) is 24.9 Å². The lowest BCUT2D eigenvalue weighted by molar-refractivity contribution is -0.139. The highest BCUT2D eigenvalue weighted by molar-refractivity contribution is 5.79. The van der Waals surface area contributed by atoms with Crippen molar-refractivity contribution in [3.8, 4) is 0 Å². The zero-order chi connectivity index (χ0) is 13.9. The number of nitrogens with zero attached hydrogens (tertiary/aromatic N) is 1. The summed E-state index contributed by atoms with van der Waals surface area (Å²) in [7, 11) is 0. The summed E-state index contributed by atoms with van der Waals surface area (Å²) in [5.41, 5.74) is -0.585. The van der Waals surface area contributed by atoms with Crippen LogP contribution in [0.15, 0.2) is 24.3 Å². The van der Waals surface area contributed by atoms with Crippen molar-refractivity contribution in [1.82, 2.24) is 4.90 Å². The van der Waals surface area contributed by atoms with Crippen molar-refractivity contribution in [3.63, 3.8) is 0 Å². The van der Waals surface area contributed by atoms with E-state index < -0.39 is 5.60 Å². The molecule has 1 heterocycles. The van der Waals surface area contributed by atoms with Gasteiger partial charge in [-0.15, -0.1) is 0 Å². The van der Waals surface area contributed by atoms with Gasteiger partial charge in [-0.1, -0.05) is 12.1 Å². The molecule has 0 spiro atoms. The third-order valence-electron chi connectivity index (χ3n) is 3.45. The fourth-order valence-corrected chi connectivity index (χ4v) is 2.39. The molecule has 0 radical (unpaired) electrons. The summed E-state index contributed by atoms with van der Waals surface area (Å²) in [5, 5.41) is 19.1. The van der Waals surface area contributed by atoms with E-state index >= 15 is 0 Å². The molecule has 1 aliphatic rings. The molecule has 1 unspecified atom stereocenters. The summed E-state index contributed by atoms with van der Waals surface area (Å²) >= 11 is 0. The largest absolute Gasteiger partial charge is 0.393 e. The molecule has 2 rings (SSSR count). The first-order valence-electron chi connectivity index (χ1n) is 6.38. The van der Waals surface area contributed by atoms with E-state index in [1.165, 1.54) is 17.0 Å². The number of likely N-dealkylation sites (tertiary alicyclic amines) is 1. The maximum atomic E-state index is 13.0. The fourth-order valence-electron chi connectivity index (χ4n) is 2.39. The van der Waals surface area contributed by atoms with Gasteiger partial charge in [0.2, 0.25) is 5.91 Å². The highest BCUT2D eigenvalue weighted by Gasteiger charge is 2.34. The van der Waals surface area contributed by atoms with Crippen molar-refractivity contribution in [2.45, 2.75) is 24.9 Å². The van der Waals surface area contributed by atoms with Gasteiger partial charge in [-0.2, -0.15) is 0 Å². The Balaban J connectivity index is 2.00. The minimum absolute atomic E-state index is 0.110. The van der Waals surface area contributed by atoms with E-state index in [4.69, 9.17) is 5.11 Å². The van der Waals surface area contributed by atoms with Crippen LogP contribution in [0.4, 0.5) is 4.39 Å². The summed E-state index contributed by atoms with van der Waals surface area (Å²) in [6.45, 7) is 0.352. The lowest BCUT2D eigenvalue weighted by Gasteiger charge is -2.38. The van der Waals surface area contributed by atoms with Gasteiger partial charge in [-0.3, -0.25) is 4.79 Å². The fraction of sp³-hybridized carbons (Fsp3) is 0.500. The van der Waals surface area contributed by atoms with Crippen molar-refractivity contribution in [1.29, 1.82) is 0 Å². The molecule has 1 amide bonds. The lowest BCUT2D eigenvalue weighted by atomic mass is 9.93. The minimum atomic E-state index is -1.20. The Hall–Kier alpha value is -1.46. The first-order valence-corrected chi connectivity index (χ1v) is 6.38. The third-order valence-corrected chi connectivity index (χ3v) is 3.45. The predicted octanol–water partition coefficient (Wildman–Crippen LogP) is 0.714. The molecular formula is C14H18FNO3. The molecule has 1 aliphatic heterocycles. The molecule has 1 aromatic carbocycles. The zero-order valence-corrected chi connectivity index (χ0v) is 10.7. The smallest absolute Gasteiger partial charge is 0.227 e. The number of β-amino-alcohol motifs (C(OH)–C–C–N with tert-alkyl or cyclic N) is 1. The number of benzene rings is 1. The average molecular weight is 267 g/mol. The quantitative estimate of drug-likeness (QED) is 0.848. The van der Waals surface area contributed by atoms with E-state index in [9.17, 15) is 14.3 Å². The summed E-state index contributed by atoms with van der Waals surface area (Å²) in [6, 6.07) is 5.93. The van der Waals surface area contributed by atoms with Gasteiger partial charge < -0.3 is 15.1 Å². The van der Waals surface area contributed by atoms with Crippen LogP contribution < -0.4 is 0 Å². The molecule has 1 saturated heterocycles. The van der Waals surface area contributed by atoms with Gasteiger partial charge in [-0.25, -0.2) is 4.39 Å². The summed E-state index contributed by atoms with van der Waals surface area (Å²) in [5.74, 6) is -0.520. The van der Waals surface area contributed by atoms with Crippen molar-refractivity contribution in [2.24, 2.45) is 0 Å². The van der Waals surface area contributed by atoms with Gasteiger partial charge >= 0.3 is 0 Å². The molecule has 19 heavy (non-hydrogen) atoms. The molecule has 4 nitrogen and oxygen atoms in total. The Kier molecular flexibility index (Phi) is 4.17. The highest BCUT2D eigenvalue weighted by Crippen LogP contribution is 2.21. The summed E-state index contributed by atoms with van der Waals surface area (Å²) < 4.78 is 13.0. The molecule has 2 N–H and O–H groups in total. The predicted molar refractivity (Wildman–Crippen MR) is 68.0 cm³/mol. The molecule has 0 bridgehead atoms. The summed E-state index contributed by atoms with van der Waals surface area (Å²) in [6.07, 6.45) is 1.26. The number of halogens is 1. The van der Waals surface area contributed by atoms with Crippen LogP contribution in [0.2, 0.25) is 0 Å². The van der Waals surface area contributed by atoms with E-state index in [0.717, 1.165) is 0 Å². The van der Waals surface area contributed by atoms with Gasteiger partial charge in [0.1, 0.15) is 11.4 Å². The number of rotatable bonds is 3. The van der Waals surface area contributed by atoms with Gasteiger partial charge in [0.05, 0.1) is 19.6 Å². The van der Waals surface area contributed by atoms with Gasteiger partial charge in [-0.05, 0) is 30.5 Å². The van der Waals surface area contributed by atoms with E-state index in [-0.39, 0.29) is 31.3 Å². The molecule has 0 aromatic heterocycles. The molecule has 0 saturated carbocycles. The van der Waals surface area contributed by atoms with E-state index in [2.05, 4.69) is 0 Å². The molecule has 1 fully saturated rings. The van der Waals surface area contributed by atoms with Crippen LogP contribution >= 0.6 is 0 Å². The summed E-state index contributed by atoms with van der Waals surface area (Å²) in [4.78, 5) is 13.6. The van der Waals surface area contributed by atoms with E-state index in [1.54, 1.807) is 12.1 Å². The molecule has 1 aromatic rings. The van der Waals surface area contributed by atoms with Crippen LogP contribution in [0.25, 0.3) is 0 Å². The maximum absolute atomic E-state index is 13.0. The molecule has 1 atom stereocenters. The van der Waals surface area contributed by atoms with Crippen LogP contribution in [-0.4, -0.2) is 46.3 Å². The monoisotopic (exact) mass is 267 g/mol. The topological polar surface area (TPSA) is 60.8 Å². The van der Waals surface area contributed by atoms with Crippen LogP contribution in [-0.2, 0) is 11.2 Å².